The van der Waals surface area contributed by atoms with Crippen molar-refractivity contribution in [2.45, 2.75) is 13.1 Å². The van der Waals surface area contributed by atoms with E-state index >= 15 is 0 Å². The van der Waals surface area contributed by atoms with E-state index in [2.05, 4.69) is 0 Å². The summed E-state index contributed by atoms with van der Waals surface area (Å²) >= 11 is 11.3. The van der Waals surface area contributed by atoms with Crippen molar-refractivity contribution < 1.29 is 27.4 Å². The van der Waals surface area contributed by atoms with Crippen LogP contribution >= 0.6 is 23.2 Å². The number of rotatable bonds is 4. The molecule has 0 heterocycles. The zero-order valence-corrected chi connectivity index (χ0v) is 14.5. The number of halogens is 6. The van der Waals surface area contributed by atoms with E-state index in [1.165, 1.54) is 6.92 Å². The normalized spacial score (nSPS) is 11.4. The van der Waals surface area contributed by atoms with Crippen LogP contribution < -0.4 is 5.32 Å². The molecule has 0 unspecified atom stereocenters. The number of alkyl halides is 3. The SMILES string of the molecule is Cc1cc(Cl)c(Cl)c(F)c1Nc1c([N+](=O)[O-])cc([N+](=O)[O-])cc1C(F)(F)F. The van der Waals surface area contributed by atoms with Crippen LogP contribution in [0.15, 0.2) is 18.2 Å². The number of nitro benzene ring substituents is 2. The van der Waals surface area contributed by atoms with Gasteiger partial charge in [-0.1, -0.05) is 23.2 Å². The highest BCUT2D eigenvalue weighted by Gasteiger charge is 2.40. The number of benzene rings is 2. The van der Waals surface area contributed by atoms with E-state index in [4.69, 9.17) is 23.2 Å². The molecule has 0 radical (unpaired) electrons. The molecule has 144 valence electrons. The molecule has 0 saturated carbocycles. The molecule has 0 aliphatic rings. The van der Waals surface area contributed by atoms with Crippen molar-refractivity contribution in [1.82, 2.24) is 0 Å². The van der Waals surface area contributed by atoms with Crippen LogP contribution in [-0.2, 0) is 6.18 Å². The van der Waals surface area contributed by atoms with Gasteiger partial charge in [-0.2, -0.15) is 13.2 Å². The van der Waals surface area contributed by atoms with Crippen molar-refractivity contribution in [2.24, 2.45) is 0 Å². The molecule has 13 heteroatoms. The van der Waals surface area contributed by atoms with Gasteiger partial charge in [0.2, 0.25) is 0 Å². The number of non-ortho nitro benzene ring substituents is 1. The average molecular weight is 428 g/mol. The number of hydrogen-bond acceptors (Lipinski definition) is 5. The Morgan fingerprint density at radius 2 is 1.63 bits per heavy atom. The van der Waals surface area contributed by atoms with Crippen molar-refractivity contribution in [3.63, 3.8) is 0 Å². The highest BCUT2D eigenvalue weighted by Crippen LogP contribution is 2.45. The van der Waals surface area contributed by atoms with E-state index in [9.17, 15) is 37.8 Å². The summed E-state index contributed by atoms with van der Waals surface area (Å²) in [6, 6.07) is 1.59. The average Bonchev–Trinajstić information content (AvgIpc) is 2.55. The fraction of sp³-hybridized carbons (Fsp3) is 0.143. The summed E-state index contributed by atoms with van der Waals surface area (Å²) in [5.41, 5.74) is -5.88. The Morgan fingerprint density at radius 1 is 1.04 bits per heavy atom. The minimum absolute atomic E-state index is 0.00248. The van der Waals surface area contributed by atoms with Gasteiger partial charge in [-0.05, 0) is 18.6 Å². The number of hydrogen-bond donors (Lipinski definition) is 1. The van der Waals surface area contributed by atoms with E-state index in [0.29, 0.717) is 6.07 Å². The molecule has 0 atom stereocenters. The van der Waals surface area contributed by atoms with Gasteiger partial charge >= 0.3 is 6.18 Å². The second-order valence-corrected chi connectivity index (χ2v) is 5.99. The molecule has 0 fully saturated rings. The molecule has 2 rings (SSSR count). The van der Waals surface area contributed by atoms with Crippen molar-refractivity contribution in [3.8, 4) is 0 Å². The summed E-state index contributed by atoms with van der Waals surface area (Å²) in [4.78, 5) is 19.5. The lowest BCUT2D eigenvalue weighted by molar-refractivity contribution is -0.394. The first-order chi connectivity index (χ1) is 12.3. The predicted octanol–water partition coefficient (Wildman–Crippen LogP) is 6.02. The van der Waals surface area contributed by atoms with E-state index in [1.807, 2.05) is 5.32 Å². The Hall–Kier alpha value is -2.66. The molecule has 0 spiro atoms. The van der Waals surface area contributed by atoms with Crippen molar-refractivity contribution in [2.75, 3.05) is 5.32 Å². The van der Waals surface area contributed by atoms with Crippen LogP contribution in [0.5, 0.6) is 0 Å². The first kappa shape index (κ1) is 20.6. The maximum atomic E-state index is 14.3. The predicted molar refractivity (Wildman–Crippen MR) is 89.2 cm³/mol. The number of nitrogens with one attached hydrogen (secondary N) is 1. The van der Waals surface area contributed by atoms with Gasteiger partial charge in [0.15, 0.2) is 5.82 Å². The molecule has 0 amide bonds. The summed E-state index contributed by atoms with van der Waals surface area (Å²) in [6.07, 6.45) is -5.21. The highest BCUT2D eigenvalue weighted by molar-refractivity contribution is 6.42. The third-order valence-corrected chi connectivity index (χ3v) is 4.19. The molecule has 1 N–H and O–H groups in total. The maximum absolute atomic E-state index is 14.3. The lowest BCUT2D eigenvalue weighted by Crippen LogP contribution is -2.12. The second kappa shape index (κ2) is 7.16. The van der Waals surface area contributed by atoms with Crippen molar-refractivity contribution in [3.05, 3.63) is 65.4 Å². The van der Waals surface area contributed by atoms with E-state index in [0.717, 1.165) is 6.07 Å². The van der Waals surface area contributed by atoms with Crippen molar-refractivity contribution in [1.29, 1.82) is 0 Å². The minimum atomic E-state index is -5.21. The number of anilines is 2. The van der Waals surface area contributed by atoms with E-state index < -0.39 is 55.2 Å². The van der Waals surface area contributed by atoms with E-state index in [1.54, 1.807) is 0 Å². The molecule has 0 aromatic heterocycles. The van der Waals surface area contributed by atoms with Gasteiger partial charge in [-0.15, -0.1) is 0 Å². The molecule has 2 aromatic carbocycles. The molecule has 0 aliphatic carbocycles. The van der Waals surface area contributed by atoms with Gasteiger partial charge in [0.25, 0.3) is 11.4 Å². The number of nitro groups is 2. The summed E-state index contributed by atoms with van der Waals surface area (Å²) < 4.78 is 54.4. The largest absolute Gasteiger partial charge is 0.418 e. The van der Waals surface area contributed by atoms with Gasteiger partial charge < -0.3 is 5.32 Å². The quantitative estimate of drug-likeness (QED) is 0.278. The molecule has 2 aromatic rings. The Morgan fingerprint density at radius 3 is 2.11 bits per heavy atom. The third-order valence-electron chi connectivity index (χ3n) is 3.42. The summed E-state index contributed by atoms with van der Waals surface area (Å²) in [5.74, 6) is -1.23. The van der Waals surface area contributed by atoms with Gasteiger partial charge in [0, 0.05) is 6.07 Å². The Labute approximate surface area is 157 Å². The van der Waals surface area contributed by atoms with Crippen LogP contribution in [0.1, 0.15) is 11.1 Å². The minimum Gasteiger partial charge on any atom is -0.347 e. The summed E-state index contributed by atoms with van der Waals surface area (Å²) in [6.45, 7) is 1.28. The van der Waals surface area contributed by atoms with E-state index in [-0.39, 0.29) is 16.7 Å². The van der Waals surface area contributed by atoms with Gasteiger partial charge in [0.1, 0.15) is 5.69 Å². The lowest BCUT2D eigenvalue weighted by Gasteiger charge is -2.17. The second-order valence-electron chi connectivity index (χ2n) is 5.20. The third kappa shape index (κ3) is 4.03. The highest BCUT2D eigenvalue weighted by atomic mass is 35.5. The fourth-order valence-corrected chi connectivity index (χ4v) is 2.60. The zero-order valence-electron chi connectivity index (χ0n) is 13.0. The molecule has 0 bridgehead atoms. The molecule has 7 nitrogen and oxygen atoms in total. The molecule has 27 heavy (non-hydrogen) atoms. The Balaban J connectivity index is 2.82. The summed E-state index contributed by atoms with van der Waals surface area (Å²) in [5, 5.41) is 23.2. The zero-order chi connectivity index (χ0) is 20.7. The van der Waals surface area contributed by atoms with Gasteiger partial charge in [0.05, 0.1) is 37.2 Å². The maximum Gasteiger partial charge on any atom is 0.418 e. The molecular formula is C14H7Cl2F4N3O4. The van der Waals surface area contributed by atoms with Crippen LogP contribution in [0.25, 0.3) is 0 Å². The lowest BCUT2D eigenvalue weighted by atomic mass is 10.1. The number of aryl methyl sites for hydroxylation is 1. The molecular weight excluding hydrogens is 421 g/mol. The van der Waals surface area contributed by atoms with Gasteiger partial charge in [-0.3, -0.25) is 20.2 Å². The van der Waals surface area contributed by atoms with Crippen LogP contribution in [-0.4, -0.2) is 9.85 Å². The van der Waals surface area contributed by atoms with Gasteiger partial charge in [-0.25, -0.2) is 4.39 Å². The fourth-order valence-electron chi connectivity index (χ4n) is 2.21. The molecule has 0 aliphatic heterocycles. The Kier molecular flexibility index (Phi) is 5.47. The molecule has 0 saturated heterocycles. The topological polar surface area (TPSA) is 98.3 Å². The van der Waals surface area contributed by atoms with Crippen LogP contribution in [0.2, 0.25) is 10.0 Å². The smallest absolute Gasteiger partial charge is 0.347 e. The first-order valence-electron chi connectivity index (χ1n) is 6.79. The summed E-state index contributed by atoms with van der Waals surface area (Å²) in [7, 11) is 0. The monoisotopic (exact) mass is 427 g/mol. The van der Waals surface area contributed by atoms with Crippen LogP contribution in [0.3, 0.4) is 0 Å². The Bertz CT molecular complexity index is 967. The first-order valence-corrected chi connectivity index (χ1v) is 7.55. The van der Waals surface area contributed by atoms with Crippen LogP contribution in [0, 0.1) is 33.0 Å². The standard InChI is InChI=1S/C14H7Cl2F4N3O4/c1-5-2-8(15)10(16)11(17)12(5)21-13-7(14(18,19)20)3-6(22(24)25)4-9(13)23(26)27/h2-4,21H,1H3. The number of nitrogens with zero attached hydrogens (tertiary/aromatic N) is 2. The van der Waals surface area contributed by atoms with Crippen LogP contribution in [0.4, 0.5) is 40.3 Å². The van der Waals surface area contributed by atoms with Crippen molar-refractivity contribution >= 4 is 46.0 Å².